The predicted molar refractivity (Wildman–Crippen MR) is 131 cm³/mol. The maximum Gasteiger partial charge on any atom is 0.343 e. The lowest BCUT2D eigenvalue weighted by atomic mass is 10.0. The standard InChI is InChI=1S/C28H27O3S/c1-28(2,3)31-25-19-24(27(29)30-4)26(23-18-12-11-17-22(23)25)32(20-13-7-5-8-14-20)21-15-9-6-10-16-21/h5-19H,1-4H3/q+1. The number of rotatable bonds is 5. The molecule has 0 aromatic heterocycles. The second kappa shape index (κ2) is 9.09. The van der Waals surface area contributed by atoms with Crippen LogP contribution >= 0.6 is 0 Å². The molecule has 162 valence electrons. The summed E-state index contributed by atoms with van der Waals surface area (Å²) in [7, 11) is 0.915. The second-order valence-electron chi connectivity index (χ2n) is 8.44. The van der Waals surface area contributed by atoms with Crippen molar-refractivity contribution in [3.63, 3.8) is 0 Å². The van der Waals surface area contributed by atoms with Crippen LogP contribution in [0.15, 0.2) is 106 Å². The molecular weight excluding hydrogens is 416 g/mol. The maximum absolute atomic E-state index is 13.1. The first-order valence-electron chi connectivity index (χ1n) is 10.6. The van der Waals surface area contributed by atoms with E-state index in [4.69, 9.17) is 9.47 Å². The van der Waals surface area contributed by atoms with Crippen LogP contribution in [0, 0.1) is 0 Å². The van der Waals surface area contributed by atoms with Crippen molar-refractivity contribution in [3.05, 3.63) is 96.6 Å². The van der Waals surface area contributed by atoms with Crippen LogP contribution in [0.4, 0.5) is 0 Å². The van der Waals surface area contributed by atoms with Crippen molar-refractivity contribution < 1.29 is 14.3 Å². The Bertz CT molecular complexity index is 1190. The minimum Gasteiger partial charge on any atom is -0.487 e. The molecule has 4 rings (SSSR count). The highest BCUT2D eigenvalue weighted by Crippen LogP contribution is 2.42. The number of benzene rings is 4. The Morgan fingerprint density at radius 2 is 1.25 bits per heavy atom. The van der Waals surface area contributed by atoms with E-state index in [0.717, 1.165) is 25.5 Å². The summed E-state index contributed by atoms with van der Waals surface area (Å²) in [6.45, 7) is 6.02. The van der Waals surface area contributed by atoms with Gasteiger partial charge in [0, 0.05) is 16.8 Å². The van der Waals surface area contributed by atoms with Gasteiger partial charge in [0.2, 0.25) is 0 Å². The van der Waals surface area contributed by atoms with Crippen molar-refractivity contribution in [1.82, 2.24) is 0 Å². The summed E-state index contributed by atoms with van der Waals surface area (Å²) in [5.41, 5.74) is 0.125. The van der Waals surface area contributed by atoms with Crippen molar-refractivity contribution in [3.8, 4) is 5.75 Å². The Labute approximate surface area is 192 Å². The van der Waals surface area contributed by atoms with E-state index in [0.29, 0.717) is 11.3 Å². The fraction of sp³-hybridized carbons (Fsp3) is 0.179. The monoisotopic (exact) mass is 443 g/mol. The molecule has 0 unspecified atom stereocenters. The van der Waals surface area contributed by atoms with Crippen LogP contribution in [0.2, 0.25) is 0 Å². The number of carbonyl (C=O) groups excluding carboxylic acids is 1. The number of methoxy groups -OCH3 is 1. The molecule has 4 aromatic carbocycles. The number of ether oxygens (including phenoxy) is 2. The Morgan fingerprint density at radius 3 is 1.75 bits per heavy atom. The van der Waals surface area contributed by atoms with Crippen LogP contribution in [-0.4, -0.2) is 18.7 Å². The van der Waals surface area contributed by atoms with E-state index in [9.17, 15) is 4.79 Å². The molecule has 0 spiro atoms. The summed E-state index contributed by atoms with van der Waals surface area (Å²) in [5, 5.41) is 1.97. The highest BCUT2D eigenvalue weighted by Gasteiger charge is 2.37. The van der Waals surface area contributed by atoms with Gasteiger partial charge in [-0.05, 0) is 51.1 Å². The lowest BCUT2D eigenvalue weighted by Crippen LogP contribution is -2.23. The Kier molecular flexibility index (Phi) is 6.24. The predicted octanol–water partition coefficient (Wildman–Crippen LogP) is 6.90. The molecule has 0 saturated carbocycles. The highest BCUT2D eigenvalue weighted by molar-refractivity contribution is 7.97. The lowest BCUT2D eigenvalue weighted by Gasteiger charge is -2.24. The molecule has 4 heteroatoms. The number of fused-ring (bicyclic) bond motifs is 1. The van der Waals surface area contributed by atoms with Gasteiger partial charge in [0.1, 0.15) is 27.8 Å². The molecule has 0 aliphatic heterocycles. The molecule has 32 heavy (non-hydrogen) atoms. The van der Waals surface area contributed by atoms with E-state index in [-0.39, 0.29) is 5.97 Å². The number of esters is 1. The van der Waals surface area contributed by atoms with Crippen molar-refractivity contribution >= 4 is 27.6 Å². The van der Waals surface area contributed by atoms with Crippen molar-refractivity contribution in [2.75, 3.05) is 7.11 Å². The molecule has 0 aliphatic rings. The normalized spacial score (nSPS) is 11.5. The summed E-state index contributed by atoms with van der Waals surface area (Å²) in [4.78, 5) is 16.3. The fourth-order valence-corrected chi connectivity index (χ4v) is 6.06. The Morgan fingerprint density at radius 1 is 0.750 bits per heavy atom. The first-order valence-corrected chi connectivity index (χ1v) is 11.8. The van der Waals surface area contributed by atoms with Crippen LogP contribution in [-0.2, 0) is 15.6 Å². The van der Waals surface area contributed by atoms with Gasteiger partial charge in [-0.25, -0.2) is 4.79 Å². The van der Waals surface area contributed by atoms with Crippen LogP contribution < -0.4 is 4.74 Å². The summed E-state index contributed by atoms with van der Waals surface area (Å²) < 4.78 is 11.5. The van der Waals surface area contributed by atoms with Crippen LogP contribution in [0.25, 0.3) is 10.8 Å². The number of carbonyl (C=O) groups is 1. The molecule has 0 heterocycles. The van der Waals surface area contributed by atoms with Gasteiger partial charge in [-0.2, -0.15) is 0 Å². The van der Waals surface area contributed by atoms with Crippen molar-refractivity contribution in [1.29, 1.82) is 0 Å². The van der Waals surface area contributed by atoms with Gasteiger partial charge < -0.3 is 9.47 Å². The highest BCUT2D eigenvalue weighted by atomic mass is 32.2. The van der Waals surface area contributed by atoms with E-state index in [1.54, 1.807) is 0 Å². The minimum absolute atomic E-state index is 0.367. The van der Waals surface area contributed by atoms with Gasteiger partial charge >= 0.3 is 5.97 Å². The van der Waals surface area contributed by atoms with E-state index in [2.05, 4.69) is 36.4 Å². The smallest absolute Gasteiger partial charge is 0.343 e. The molecule has 3 nitrogen and oxygen atoms in total. The van der Waals surface area contributed by atoms with E-state index in [1.165, 1.54) is 7.11 Å². The third-order valence-electron chi connectivity index (χ3n) is 4.94. The SMILES string of the molecule is COC(=O)c1cc(OC(C)(C)C)c2ccccc2c1[S+](c1ccccc1)c1ccccc1. The van der Waals surface area contributed by atoms with E-state index >= 15 is 0 Å². The summed E-state index contributed by atoms with van der Waals surface area (Å²) >= 11 is 0. The molecule has 0 fully saturated rings. The second-order valence-corrected chi connectivity index (χ2v) is 10.4. The number of hydrogen-bond donors (Lipinski definition) is 0. The average Bonchev–Trinajstić information content (AvgIpc) is 2.80. The zero-order valence-corrected chi connectivity index (χ0v) is 19.6. The largest absolute Gasteiger partial charge is 0.487 e. The van der Waals surface area contributed by atoms with E-state index < -0.39 is 16.5 Å². The third-order valence-corrected chi connectivity index (χ3v) is 7.28. The van der Waals surface area contributed by atoms with Gasteiger partial charge in [-0.3, -0.25) is 0 Å². The zero-order valence-electron chi connectivity index (χ0n) is 18.8. The number of hydrogen-bond acceptors (Lipinski definition) is 3. The minimum atomic E-state index is -0.511. The lowest BCUT2D eigenvalue weighted by molar-refractivity contribution is 0.0595. The molecule has 0 atom stereocenters. The van der Waals surface area contributed by atoms with Gasteiger partial charge in [-0.1, -0.05) is 54.6 Å². The molecule has 4 aromatic rings. The summed E-state index contributed by atoms with van der Waals surface area (Å²) in [6.07, 6.45) is 0. The molecule has 0 bridgehead atoms. The van der Waals surface area contributed by atoms with Gasteiger partial charge in [0.15, 0.2) is 14.7 Å². The maximum atomic E-state index is 13.1. The summed E-state index contributed by atoms with van der Waals surface area (Å²) in [6, 6.07) is 30.6. The third kappa shape index (κ3) is 4.51. The Hall–Kier alpha value is -3.24. The zero-order chi connectivity index (χ0) is 22.7. The van der Waals surface area contributed by atoms with Crippen LogP contribution in [0.5, 0.6) is 5.75 Å². The quantitative estimate of drug-likeness (QED) is 0.249. The van der Waals surface area contributed by atoms with Gasteiger partial charge in [0.25, 0.3) is 0 Å². The summed E-state index contributed by atoms with van der Waals surface area (Å²) in [5.74, 6) is 0.316. The molecule has 0 aliphatic carbocycles. The van der Waals surface area contributed by atoms with Crippen molar-refractivity contribution in [2.45, 2.75) is 41.1 Å². The van der Waals surface area contributed by atoms with Crippen molar-refractivity contribution in [2.24, 2.45) is 0 Å². The molecule has 0 amide bonds. The molecule has 0 radical (unpaired) electrons. The Balaban J connectivity index is 2.09. The van der Waals surface area contributed by atoms with Crippen LogP contribution in [0.3, 0.4) is 0 Å². The molecule has 0 saturated heterocycles. The topological polar surface area (TPSA) is 35.5 Å². The molecular formula is C28H27O3S+. The first-order chi connectivity index (χ1) is 15.4. The fourth-order valence-electron chi connectivity index (χ4n) is 3.70. The first kappa shape index (κ1) is 22.0. The van der Waals surface area contributed by atoms with E-state index in [1.807, 2.05) is 75.4 Å². The van der Waals surface area contributed by atoms with Crippen LogP contribution in [0.1, 0.15) is 31.1 Å². The average molecular weight is 444 g/mol. The van der Waals surface area contributed by atoms with Gasteiger partial charge in [-0.15, -0.1) is 0 Å². The molecule has 0 N–H and O–H groups in total. The van der Waals surface area contributed by atoms with Gasteiger partial charge in [0.05, 0.1) is 7.11 Å².